The topological polar surface area (TPSA) is 24.5 Å². The van der Waals surface area contributed by atoms with Gasteiger partial charge in [-0.3, -0.25) is 4.90 Å². The molecule has 0 bridgehead atoms. The molecule has 3 heterocycles. The van der Waals surface area contributed by atoms with Gasteiger partial charge in [0.2, 0.25) is 0 Å². The number of aryl methyl sites for hydroxylation is 1. The number of hydrogen-bond donors (Lipinski definition) is 1. The smallest absolute Gasteiger partial charge is 0.0855 e. The fourth-order valence-corrected chi connectivity index (χ4v) is 4.08. The van der Waals surface area contributed by atoms with Gasteiger partial charge in [0, 0.05) is 23.5 Å². The van der Waals surface area contributed by atoms with E-state index in [-0.39, 0.29) is 0 Å². The molecule has 3 rings (SSSR count). The van der Waals surface area contributed by atoms with Gasteiger partial charge in [0.25, 0.3) is 0 Å². The summed E-state index contributed by atoms with van der Waals surface area (Å²) in [6, 6.07) is 5.55. The van der Waals surface area contributed by atoms with Crippen molar-refractivity contribution in [2.75, 3.05) is 26.7 Å². The van der Waals surface area contributed by atoms with Crippen LogP contribution in [0.15, 0.2) is 17.5 Å². The summed E-state index contributed by atoms with van der Waals surface area (Å²) in [6.07, 6.45) is 5.36. The van der Waals surface area contributed by atoms with Gasteiger partial charge in [0.1, 0.15) is 0 Å². The van der Waals surface area contributed by atoms with Gasteiger partial charge in [-0.05, 0) is 50.7 Å². The molecule has 0 aromatic carbocycles. The van der Waals surface area contributed by atoms with Crippen LogP contribution in [0.1, 0.15) is 24.1 Å². The van der Waals surface area contributed by atoms with Gasteiger partial charge < -0.3 is 10.1 Å². The highest BCUT2D eigenvalue weighted by molar-refractivity contribution is 7.09. The van der Waals surface area contributed by atoms with E-state index in [4.69, 9.17) is 4.74 Å². The van der Waals surface area contributed by atoms with Crippen molar-refractivity contribution in [3.8, 4) is 0 Å². The Labute approximate surface area is 119 Å². The standard InChI is InChI=1S/C15H24N2OS/c1-16-14(7-6-13-5-3-9-19-13)15-10-17-8-2-4-12(17)11-18-15/h3,5,9,12,14-16H,2,4,6-8,10-11H2,1H3. The maximum absolute atomic E-state index is 6.11. The maximum atomic E-state index is 6.11. The molecule has 1 N–H and O–H groups in total. The fourth-order valence-electron chi connectivity index (χ4n) is 3.35. The Morgan fingerprint density at radius 3 is 3.32 bits per heavy atom. The van der Waals surface area contributed by atoms with E-state index in [1.165, 1.54) is 30.7 Å². The Balaban J connectivity index is 1.53. The van der Waals surface area contributed by atoms with Crippen molar-refractivity contribution < 1.29 is 4.74 Å². The summed E-state index contributed by atoms with van der Waals surface area (Å²) in [5.41, 5.74) is 0. The second-order valence-corrected chi connectivity index (χ2v) is 6.71. The molecule has 1 aromatic heterocycles. The highest BCUT2D eigenvalue weighted by Gasteiger charge is 2.35. The van der Waals surface area contributed by atoms with Crippen LogP contribution in [0.4, 0.5) is 0 Å². The number of likely N-dealkylation sites (N-methyl/N-ethyl adjacent to an activating group) is 1. The monoisotopic (exact) mass is 280 g/mol. The van der Waals surface area contributed by atoms with Crippen LogP contribution in [0, 0.1) is 0 Å². The van der Waals surface area contributed by atoms with Gasteiger partial charge in [-0.15, -0.1) is 11.3 Å². The van der Waals surface area contributed by atoms with Gasteiger partial charge in [-0.2, -0.15) is 0 Å². The zero-order chi connectivity index (χ0) is 13.1. The summed E-state index contributed by atoms with van der Waals surface area (Å²) in [5, 5.41) is 5.63. The van der Waals surface area contributed by atoms with Crippen molar-refractivity contribution in [3.05, 3.63) is 22.4 Å². The maximum Gasteiger partial charge on any atom is 0.0855 e. The summed E-state index contributed by atoms with van der Waals surface area (Å²) in [5.74, 6) is 0. The van der Waals surface area contributed by atoms with E-state index < -0.39 is 0 Å². The Bertz CT molecular complexity index is 382. The molecule has 19 heavy (non-hydrogen) atoms. The average molecular weight is 280 g/mol. The largest absolute Gasteiger partial charge is 0.374 e. The predicted molar refractivity (Wildman–Crippen MR) is 79.8 cm³/mol. The molecule has 2 fully saturated rings. The molecule has 0 radical (unpaired) electrons. The Kier molecular flexibility index (Phi) is 4.53. The lowest BCUT2D eigenvalue weighted by atomic mass is 10.0. The van der Waals surface area contributed by atoms with E-state index in [2.05, 4.69) is 34.8 Å². The van der Waals surface area contributed by atoms with Crippen LogP contribution in [0.2, 0.25) is 0 Å². The van der Waals surface area contributed by atoms with Crippen molar-refractivity contribution in [1.82, 2.24) is 10.2 Å². The Morgan fingerprint density at radius 2 is 2.53 bits per heavy atom. The Hall–Kier alpha value is -0.420. The average Bonchev–Trinajstić information content (AvgIpc) is 3.09. The minimum atomic E-state index is 0.360. The van der Waals surface area contributed by atoms with Crippen LogP contribution in [-0.4, -0.2) is 49.8 Å². The number of morpholine rings is 1. The molecule has 0 aliphatic carbocycles. The van der Waals surface area contributed by atoms with E-state index in [1.54, 1.807) is 0 Å². The number of hydrogen-bond acceptors (Lipinski definition) is 4. The van der Waals surface area contributed by atoms with E-state index in [0.29, 0.717) is 18.2 Å². The molecule has 2 saturated heterocycles. The molecule has 2 aliphatic heterocycles. The molecular formula is C15H24N2OS. The molecule has 1 aromatic rings. The summed E-state index contributed by atoms with van der Waals surface area (Å²) in [4.78, 5) is 4.11. The molecule has 106 valence electrons. The molecule has 0 spiro atoms. The molecule has 4 heteroatoms. The minimum Gasteiger partial charge on any atom is -0.374 e. The van der Waals surface area contributed by atoms with Crippen LogP contribution in [0.5, 0.6) is 0 Å². The Morgan fingerprint density at radius 1 is 1.58 bits per heavy atom. The molecule has 3 unspecified atom stereocenters. The van der Waals surface area contributed by atoms with Crippen LogP contribution in [0.25, 0.3) is 0 Å². The zero-order valence-corrected chi connectivity index (χ0v) is 12.5. The van der Waals surface area contributed by atoms with Crippen molar-refractivity contribution >= 4 is 11.3 Å². The number of rotatable bonds is 5. The number of nitrogens with zero attached hydrogens (tertiary/aromatic N) is 1. The summed E-state index contributed by atoms with van der Waals surface area (Å²) >= 11 is 1.86. The quantitative estimate of drug-likeness (QED) is 0.894. The van der Waals surface area contributed by atoms with Crippen LogP contribution in [0.3, 0.4) is 0 Å². The first kappa shape index (κ1) is 13.6. The molecule has 0 amide bonds. The lowest BCUT2D eigenvalue weighted by Crippen LogP contribution is -2.53. The van der Waals surface area contributed by atoms with Crippen molar-refractivity contribution in [3.63, 3.8) is 0 Å². The molecular weight excluding hydrogens is 256 g/mol. The number of ether oxygens (including phenoxy) is 1. The number of fused-ring (bicyclic) bond motifs is 1. The van der Waals surface area contributed by atoms with E-state index in [1.807, 2.05) is 11.3 Å². The summed E-state index contributed by atoms with van der Waals surface area (Å²) < 4.78 is 6.11. The highest BCUT2D eigenvalue weighted by Crippen LogP contribution is 2.25. The van der Waals surface area contributed by atoms with Gasteiger partial charge >= 0.3 is 0 Å². The van der Waals surface area contributed by atoms with Crippen molar-refractivity contribution in [1.29, 1.82) is 0 Å². The zero-order valence-electron chi connectivity index (χ0n) is 11.7. The van der Waals surface area contributed by atoms with Gasteiger partial charge in [-0.1, -0.05) is 6.07 Å². The van der Waals surface area contributed by atoms with Crippen molar-refractivity contribution in [2.45, 2.75) is 43.9 Å². The summed E-state index contributed by atoms with van der Waals surface area (Å²) in [6.45, 7) is 3.31. The molecule has 3 nitrogen and oxygen atoms in total. The van der Waals surface area contributed by atoms with Gasteiger partial charge in [-0.25, -0.2) is 0 Å². The number of thiophene rings is 1. The molecule has 3 atom stereocenters. The SMILES string of the molecule is CNC(CCc1cccs1)C1CN2CCCC2CO1. The van der Waals surface area contributed by atoms with Gasteiger partial charge in [0.05, 0.1) is 12.7 Å². The third-order valence-corrected chi connectivity index (χ3v) is 5.45. The third-order valence-electron chi connectivity index (χ3n) is 4.52. The first-order valence-electron chi connectivity index (χ1n) is 7.42. The second kappa shape index (κ2) is 6.35. The first-order valence-corrected chi connectivity index (χ1v) is 8.30. The lowest BCUT2D eigenvalue weighted by Gasteiger charge is -2.38. The number of nitrogens with one attached hydrogen (secondary N) is 1. The van der Waals surface area contributed by atoms with Gasteiger partial charge in [0.15, 0.2) is 0 Å². The normalized spacial score (nSPS) is 29.3. The fraction of sp³-hybridized carbons (Fsp3) is 0.733. The van der Waals surface area contributed by atoms with E-state index in [9.17, 15) is 0 Å². The van der Waals surface area contributed by atoms with Crippen LogP contribution in [-0.2, 0) is 11.2 Å². The minimum absolute atomic E-state index is 0.360. The van der Waals surface area contributed by atoms with E-state index in [0.717, 1.165) is 19.6 Å². The third kappa shape index (κ3) is 3.19. The molecule has 0 saturated carbocycles. The lowest BCUT2D eigenvalue weighted by molar-refractivity contribution is -0.0645. The predicted octanol–water partition coefficient (Wildman–Crippen LogP) is 2.13. The summed E-state index contributed by atoms with van der Waals surface area (Å²) in [7, 11) is 2.07. The second-order valence-electron chi connectivity index (χ2n) is 5.68. The van der Waals surface area contributed by atoms with Crippen LogP contribution < -0.4 is 5.32 Å². The van der Waals surface area contributed by atoms with Crippen molar-refractivity contribution in [2.24, 2.45) is 0 Å². The first-order chi connectivity index (χ1) is 9.36. The molecule has 2 aliphatic rings. The van der Waals surface area contributed by atoms with E-state index >= 15 is 0 Å². The highest BCUT2D eigenvalue weighted by atomic mass is 32.1. The van der Waals surface area contributed by atoms with Crippen LogP contribution >= 0.6 is 11.3 Å².